The summed E-state index contributed by atoms with van der Waals surface area (Å²) in [5, 5.41) is 2.64. The lowest BCUT2D eigenvalue weighted by atomic mass is 9.77. The smallest absolute Gasteiger partial charge is 0.312 e. The molecule has 3 rings (SSSR count). The Kier molecular flexibility index (Phi) is 6.97. The molecule has 5 atom stereocenters. The first-order valence-corrected chi connectivity index (χ1v) is 10.9. The Balaban J connectivity index is 1.54. The van der Waals surface area contributed by atoms with E-state index in [0.717, 1.165) is 12.8 Å². The second kappa shape index (κ2) is 9.49. The van der Waals surface area contributed by atoms with Gasteiger partial charge < -0.3 is 20.7 Å². The van der Waals surface area contributed by atoms with Gasteiger partial charge in [-0.3, -0.25) is 19.2 Å². The number of carbonyl (C=O) groups excluding carboxylic acids is 4. The van der Waals surface area contributed by atoms with E-state index in [2.05, 4.69) is 19.2 Å². The predicted octanol–water partition coefficient (Wildman–Crippen LogP) is 2.33. The van der Waals surface area contributed by atoms with E-state index in [0.29, 0.717) is 29.6 Å². The maximum Gasteiger partial charge on any atom is 0.312 e. The summed E-state index contributed by atoms with van der Waals surface area (Å²) in [4.78, 5) is 50.5. The van der Waals surface area contributed by atoms with Crippen LogP contribution in [0.5, 0.6) is 0 Å². The number of anilines is 1. The van der Waals surface area contributed by atoms with Gasteiger partial charge in [-0.2, -0.15) is 0 Å². The number of hydrogen-bond acceptors (Lipinski definition) is 5. The maximum absolute atomic E-state index is 12.6. The van der Waals surface area contributed by atoms with E-state index in [9.17, 15) is 19.2 Å². The molecule has 0 bridgehead atoms. The molecule has 1 aliphatic carbocycles. The number of amides is 3. The lowest BCUT2D eigenvalue weighted by molar-refractivity contribution is -0.157. The number of primary amides is 1. The van der Waals surface area contributed by atoms with Crippen molar-refractivity contribution in [3.63, 3.8) is 0 Å². The lowest BCUT2D eigenvalue weighted by Gasteiger charge is -2.39. The molecule has 1 saturated heterocycles. The average Bonchev–Trinajstić information content (AvgIpc) is 3.12. The fourth-order valence-corrected chi connectivity index (χ4v) is 4.49. The molecule has 2 fully saturated rings. The van der Waals surface area contributed by atoms with Crippen LogP contribution in [0.15, 0.2) is 24.3 Å². The highest BCUT2D eigenvalue weighted by atomic mass is 16.5. The third-order valence-corrected chi connectivity index (χ3v) is 6.66. The predicted molar refractivity (Wildman–Crippen MR) is 115 cm³/mol. The quantitative estimate of drug-likeness (QED) is 0.673. The molecule has 0 radical (unpaired) electrons. The molecule has 1 aromatic rings. The molecule has 1 saturated carbocycles. The first kappa shape index (κ1) is 22.8. The van der Waals surface area contributed by atoms with Crippen molar-refractivity contribution in [2.45, 2.75) is 58.6 Å². The highest BCUT2D eigenvalue weighted by molar-refractivity contribution is 5.97. The van der Waals surface area contributed by atoms with E-state index < -0.39 is 29.8 Å². The third kappa shape index (κ3) is 5.24. The standard InChI is InChI=1S/C23H31N3O5/c1-13-5-4-6-19(14(13)2)26-12-17(11-20(26)27)23(30)31-15(3)22(29)25-18-9-7-16(8-10-18)21(24)28/h7-10,13-15,17,19H,4-6,11-12H2,1-3H3,(H2,24,28)(H,25,29)/t13-,14-,15+,17-,19+/m1/s1. The normalized spacial score (nSPS) is 26.9. The van der Waals surface area contributed by atoms with Crippen LogP contribution in [0.25, 0.3) is 0 Å². The number of ether oxygens (including phenoxy) is 1. The van der Waals surface area contributed by atoms with Crippen LogP contribution in [0.4, 0.5) is 5.69 Å². The van der Waals surface area contributed by atoms with Crippen molar-refractivity contribution < 1.29 is 23.9 Å². The number of nitrogens with two attached hydrogens (primary N) is 1. The van der Waals surface area contributed by atoms with Crippen LogP contribution in [0, 0.1) is 17.8 Å². The number of nitrogens with zero attached hydrogens (tertiary/aromatic N) is 1. The van der Waals surface area contributed by atoms with Gasteiger partial charge in [0, 0.05) is 30.3 Å². The Hall–Kier alpha value is -2.90. The van der Waals surface area contributed by atoms with E-state index in [1.807, 2.05) is 4.90 Å². The minimum Gasteiger partial charge on any atom is -0.452 e. The lowest BCUT2D eigenvalue weighted by Crippen LogP contribution is -2.45. The van der Waals surface area contributed by atoms with Crippen molar-refractivity contribution in [3.8, 4) is 0 Å². The van der Waals surface area contributed by atoms with Gasteiger partial charge in [-0.15, -0.1) is 0 Å². The molecule has 1 aromatic carbocycles. The fraction of sp³-hybridized carbons (Fsp3) is 0.565. The highest BCUT2D eigenvalue weighted by Crippen LogP contribution is 2.36. The molecule has 0 spiro atoms. The summed E-state index contributed by atoms with van der Waals surface area (Å²) in [7, 11) is 0. The number of esters is 1. The summed E-state index contributed by atoms with van der Waals surface area (Å²) in [6, 6.07) is 6.26. The maximum atomic E-state index is 12.6. The minimum atomic E-state index is -1.01. The van der Waals surface area contributed by atoms with E-state index in [-0.39, 0.29) is 18.4 Å². The number of carbonyl (C=O) groups is 4. The van der Waals surface area contributed by atoms with Gasteiger partial charge >= 0.3 is 5.97 Å². The summed E-state index contributed by atoms with van der Waals surface area (Å²) >= 11 is 0. The first-order chi connectivity index (χ1) is 14.7. The Morgan fingerprint density at radius 1 is 1.16 bits per heavy atom. The van der Waals surface area contributed by atoms with Gasteiger partial charge in [0.15, 0.2) is 6.10 Å². The number of benzene rings is 1. The minimum absolute atomic E-state index is 0.0143. The largest absolute Gasteiger partial charge is 0.452 e. The number of hydrogen-bond donors (Lipinski definition) is 2. The van der Waals surface area contributed by atoms with Crippen LogP contribution >= 0.6 is 0 Å². The molecule has 1 aliphatic heterocycles. The van der Waals surface area contributed by atoms with Gasteiger partial charge in [0.25, 0.3) is 5.91 Å². The molecular formula is C23H31N3O5. The Morgan fingerprint density at radius 3 is 2.48 bits per heavy atom. The van der Waals surface area contributed by atoms with Crippen LogP contribution < -0.4 is 11.1 Å². The second-order valence-corrected chi connectivity index (χ2v) is 8.79. The van der Waals surface area contributed by atoms with Crippen molar-refractivity contribution in [3.05, 3.63) is 29.8 Å². The van der Waals surface area contributed by atoms with Gasteiger partial charge in [-0.05, 0) is 49.4 Å². The Labute approximate surface area is 182 Å². The van der Waals surface area contributed by atoms with Gasteiger partial charge in [0.1, 0.15) is 0 Å². The molecule has 3 N–H and O–H groups in total. The molecule has 2 aliphatic rings. The molecule has 8 nitrogen and oxygen atoms in total. The molecule has 31 heavy (non-hydrogen) atoms. The van der Waals surface area contributed by atoms with Crippen molar-refractivity contribution in [1.29, 1.82) is 0 Å². The zero-order valence-corrected chi connectivity index (χ0v) is 18.3. The Bertz CT molecular complexity index is 853. The molecule has 8 heteroatoms. The van der Waals surface area contributed by atoms with Crippen LogP contribution in [0.2, 0.25) is 0 Å². The van der Waals surface area contributed by atoms with Crippen molar-refractivity contribution >= 4 is 29.4 Å². The zero-order valence-electron chi connectivity index (χ0n) is 18.3. The molecule has 0 unspecified atom stereocenters. The molecule has 168 valence electrons. The highest BCUT2D eigenvalue weighted by Gasteiger charge is 2.42. The number of rotatable bonds is 6. The zero-order chi connectivity index (χ0) is 22.7. The van der Waals surface area contributed by atoms with E-state index in [1.165, 1.54) is 25.5 Å². The van der Waals surface area contributed by atoms with Gasteiger partial charge in [0.05, 0.1) is 5.92 Å². The summed E-state index contributed by atoms with van der Waals surface area (Å²) in [5.41, 5.74) is 5.99. The topological polar surface area (TPSA) is 119 Å². The van der Waals surface area contributed by atoms with E-state index >= 15 is 0 Å². The average molecular weight is 430 g/mol. The van der Waals surface area contributed by atoms with E-state index in [4.69, 9.17) is 10.5 Å². The van der Waals surface area contributed by atoms with Crippen LogP contribution in [0.1, 0.15) is 56.8 Å². The number of nitrogens with one attached hydrogen (secondary N) is 1. The summed E-state index contributed by atoms with van der Waals surface area (Å²) < 4.78 is 5.36. The monoisotopic (exact) mass is 429 g/mol. The Morgan fingerprint density at radius 2 is 1.84 bits per heavy atom. The molecular weight excluding hydrogens is 398 g/mol. The van der Waals surface area contributed by atoms with Crippen molar-refractivity contribution in [1.82, 2.24) is 4.90 Å². The van der Waals surface area contributed by atoms with Crippen molar-refractivity contribution in [2.24, 2.45) is 23.5 Å². The molecule has 3 amide bonds. The van der Waals surface area contributed by atoms with Gasteiger partial charge in [-0.1, -0.05) is 26.7 Å². The van der Waals surface area contributed by atoms with Crippen LogP contribution in [-0.2, 0) is 19.1 Å². The second-order valence-electron chi connectivity index (χ2n) is 8.79. The number of likely N-dealkylation sites (tertiary alicyclic amines) is 1. The van der Waals surface area contributed by atoms with Crippen molar-refractivity contribution in [2.75, 3.05) is 11.9 Å². The van der Waals surface area contributed by atoms with Gasteiger partial charge in [0.2, 0.25) is 11.8 Å². The van der Waals surface area contributed by atoms with E-state index in [1.54, 1.807) is 12.1 Å². The third-order valence-electron chi connectivity index (χ3n) is 6.66. The summed E-state index contributed by atoms with van der Waals surface area (Å²) in [6.07, 6.45) is 2.34. The summed E-state index contributed by atoms with van der Waals surface area (Å²) in [5.74, 6) is -1.19. The van der Waals surface area contributed by atoms with Crippen LogP contribution in [0.3, 0.4) is 0 Å². The SMILES string of the molecule is C[C@@H]1[C@H](C)CCC[C@@H]1N1C[C@H](C(=O)O[C@@H](C)C(=O)Nc2ccc(C(N)=O)cc2)CC1=O. The fourth-order valence-electron chi connectivity index (χ4n) is 4.49. The molecule has 1 heterocycles. The van der Waals surface area contributed by atoms with Gasteiger partial charge in [-0.25, -0.2) is 0 Å². The van der Waals surface area contributed by atoms with Crippen LogP contribution in [-0.4, -0.2) is 47.3 Å². The summed E-state index contributed by atoms with van der Waals surface area (Å²) in [6.45, 7) is 6.23. The molecule has 0 aromatic heterocycles. The first-order valence-electron chi connectivity index (χ1n) is 10.9.